The van der Waals surface area contributed by atoms with Crippen molar-refractivity contribution in [3.63, 3.8) is 0 Å². The van der Waals surface area contributed by atoms with E-state index in [9.17, 15) is 0 Å². The number of hydrogen-bond acceptors (Lipinski definition) is 2. The summed E-state index contributed by atoms with van der Waals surface area (Å²) < 4.78 is 0. The van der Waals surface area contributed by atoms with E-state index in [2.05, 4.69) is 44.8 Å². The molecule has 1 N–H and O–H groups in total. The minimum absolute atomic E-state index is 0.431. The van der Waals surface area contributed by atoms with Crippen molar-refractivity contribution in [1.82, 2.24) is 10.2 Å². The van der Waals surface area contributed by atoms with Gasteiger partial charge in [0.25, 0.3) is 0 Å². The lowest BCUT2D eigenvalue weighted by molar-refractivity contribution is 0.0534. The predicted molar refractivity (Wildman–Crippen MR) is 94.9 cm³/mol. The van der Waals surface area contributed by atoms with Crippen molar-refractivity contribution in [1.29, 1.82) is 0 Å². The van der Waals surface area contributed by atoms with E-state index in [0.29, 0.717) is 11.6 Å². The van der Waals surface area contributed by atoms with Crippen LogP contribution < -0.4 is 5.32 Å². The fourth-order valence-corrected chi connectivity index (χ4v) is 4.55. The average Bonchev–Trinajstić information content (AvgIpc) is 2.95. The van der Waals surface area contributed by atoms with Gasteiger partial charge in [-0.15, -0.1) is 0 Å². The average molecular weight is 297 g/mol. The highest BCUT2D eigenvalue weighted by atomic mass is 15.2. The molecule has 21 heavy (non-hydrogen) atoms. The SMILES string of the molecule is CCCNC(CC(C)CCC)C1(N(CC)CC)CCCC1. The monoisotopic (exact) mass is 296 g/mol. The van der Waals surface area contributed by atoms with E-state index in [1.54, 1.807) is 0 Å². The lowest BCUT2D eigenvalue weighted by Crippen LogP contribution is -2.60. The highest BCUT2D eigenvalue weighted by molar-refractivity contribution is 5.03. The molecule has 2 heteroatoms. The first-order chi connectivity index (χ1) is 10.1. The number of nitrogens with zero attached hydrogens (tertiary/aromatic N) is 1. The summed E-state index contributed by atoms with van der Waals surface area (Å²) in [5, 5.41) is 3.95. The molecule has 0 aromatic heterocycles. The summed E-state index contributed by atoms with van der Waals surface area (Å²) in [6.45, 7) is 15.3. The Morgan fingerprint density at radius 2 is 1.62 bits per heavy atom. The molecule has 0 saturated heterocycles. The standard InChI is InChI=1S/C19H40N2/c1-6-12-17(5)16-18(20-15-7-2)19(13-10-11-14-19)21(8-3)9-4/h17-18,20H,6-16H2,1-5H3. The quantitative estimate of drug-likeness (QED) is 0.587. The lowest BCUT2D eigenvalue weighted by Gasteiger charge is -2.47. The highest BCUT2D eigenvalue weighted by Gasteiger charge is 2.44. The molecule has 0 radical (unpaired) electrons. The molecule has 126 valence electrons. The third-order valence-electron chi connectivity index (χ3n) is 5.57. The lowest BCUT2D eigenvalue weighted by atomic mass is 9.80. The molecule has 2 atom stereocenters. The van der Waals surface area contributed by atoms with E-state index in [0.717, 1.165) is 5.92 Å². The van der Waals surface area contributed by atoms with Crippen LogP contribution in [0.15, 0.2) is 0 Å². The summed E-state index contributed by atoms with van der Waals surface area (Å²) in [7, 11) is 0. The Balaban J connectivity index is 2.88. The van der Waals surface area contributed by atoms with Crippen LogP contribution in [-0.4, -0.2) is 36.1 Å². The first-order valence-corrected chi connectivity index (χ1v) is 9.62. The molecule has 0 amide bonds. The Bertz CT molecular complexity index is 254. The van der Waals surface area contributed by atoms with Crippen LogP contribution >= 0.6 is 0 Å². The summed E-state index contributed by atoms with van der Waals surface area (Å²) >= 11 is 0. The first-order valence-electron chi connectivity index (χ1n) is 9.62. The molecule has 0 heterocycles. The van der Waals surface area contributed by atoms with Crippen molar-refractivity contribution in [2.24, 2.45) is 5.92 Å². The zero-order valence-corrected chi connectivity index (χ0v) is 15.4. The molecule has 0 aromatic carbocycles. The molecule has 0 spiro atoms. The zero-order valence-electron chi connectivity index (χ0n) is 15.4. The van der Waals surface area contributed by atoms with E-state index in [-0.39, 0.29) is 0 Å². The molecule has 0 aliphatic heterocycles. The molecular weight excluding hydrogens is 256 g/mol. The van der Waals surface area contributed by atoms with Crippen molar-refractivity contribution < 1.29 is 0 Å². The maximum Gasteiger partial charge on any atom is 0.0362 e. The Hall–Kier alpha value is -0.0800. The Morgan fingerprint density at radius 1 is 1.00 bits per heavy atom. The molecule has 1 saturated carbocycles. The van der Waals surface area contributed by atoms with Crippen molar-refractivity contribution in [3.8, 4) is 0 Å². The Labute approximate surface area is 134 Å². The van der Waals surface area contributed by atoms with Gasteiger partial charge in [-0.1, -0.05) is 60.3 Å². The minimum atomic E-state index is 0.431. The van der Waals surface area contributed by atoms with Crippen LogP contribution in [0.1, 0.15) is 86.0 Å². The van der Waals surface area contributed by atoms with E-state index in [4.69, 9.17) is 0 Å². The Morgan fingerprint density at radius 3 is 2.10 bits per heavy atom. The number of rotatable bonds is 11. The van der Waals surface area contributed by atoms with Crippen LogP contribution in [0.3, 0.4) is 0 Å². The fourth-order valence-electron chi connectivity index (χ4n) is 4.55. The molecule has 2 nitrogen and oxygen atoms in total. The number of likely N-dealkylation sites (N-methyl/N-ethyl adjacent to an activating group) is 1. The second kappa shape index (κ2) is 9.84. The van der Waals surface area contributed by atoms with Crippen molar-refractivity contribution in [3.05, 3.63) is 0 Å². The molecule has 1 aliphatic rings. The van der Waals surface area contributed by atoms with Crippen LogP contribution in [0.25, 0.3) is 0 Å². The van der Waals surface area contributed by atoms with E-state index in [1.165, 1.54) is 71.0 Å². The molecular formula is C19H40N2. The second-order valence-corrected chi connectivity index (χ2v) is 7.12. The summed E-state index contributed by atoms with van der Waals surface area (Å²) in [5.74, 6) is 0.845. The van der Waals surface area contributed by atoms with Gasteiger partial charge in [0.2, 0.25) is 0 Å². The van der Waals surface area contributed by atoms with Crippen molar-refractivity contribution in [2.45, 2.75) is 97.6 Å². The molecule has 2 unspecified atom stereocenters. The predicted octanol–water partition coefficient (Wildman–Crippen LogP) is 4.84. The van der Waals surface area contributed by atoms with E-state index < -0.39 is 0 Å². The summed E-state index contributed by atoms with van der Waals surface area (Å²) in [4.78, 5) is 2.77. The van der Waals surface area contributed by atoms with Gasteiger partial charge in [-0.3, -0.25) is 4.90 Å². The molecule has 1 aliphatic carbocycles. The van der Waals surface area contributed by atoms with Crippen LogP contribution in [-0.2, 0) is 0 Å². The topological polar surface area (TPSA) is 15.3 Å². The maximum absolute atomic E-state index is 3.95. The number of nitrogens with one attached hydrogen (secondary N) is 1. The molecule has 1 rings (SSSR count). The van der Waals surface area contributed by atoms with Gasteiger partial charge >= 0.3 is 0 Å². The summed E-state index contributed by atoms with van der Waals surface area (Å²) in [6, 6.07) is 0.682. The van der Waals surface area contributed by atoms with Gasteiger partial charge in [0.05, 0.1) is 0 Å². The second-order valence-electron chi connectivity index (χ2n) is 7.12. The van der Waals surface area contributed by atoms with Gasteiger partial charge in [-0.05, 0) is 51.2 Å². The third-order valence-corrected chi connectivity index (χ3v) is 5.57. The number of hydrogen-bond donors (Lipinski definition) is 1. The van der Waals surface area contributed by atoms with Gasteiger partial charge in [0.15, 0.2) is 0 Å². The molecule has 0 bridgehead atoms. The van der Waals surface area contributed by atoms with Gasteiger partial charge in [-0.2, -0.15) is 0 Å². The van der Waals surface area contributed by atoms with E-state index >= 15 is 0 Å². The van der Waals surface area contributed by atoms with Crippen molar-refractivity contribution >= 4 is 0 Å². The van der Waals surface area contributed by atoms with Crippen LogP contribution in [0.4, 0.5) is 0 Å². The van der Waals surface area contributed by atoms with Crippen molar-refractivity contribution in [2.75, 3.05) is 19.6 Å². The van der Waals surface area contributed by atoms with Crippen LogP contribution in [0.5, 0.6) is 0 Å². The third kappa shape index (κ3) is 4.96. The minimum Gasteiger partial charge on any atom is -0.312 e. The molecule has 0 aromatic rings. The van der Waals surface area contributed by atoms with Gasteiger partial charge in [0.1, 0.15) is 0 Å². The van der Waals surface area contributed by atoms with Gasteiger partial charge in [0, 0.05) is 11.6 Å². The maximum atomic E-state index is 3.95. The Kier molecular flexibility index (Phi) is 8.89. The smallest absolute Gasteiger partial charge is 0.0362 e. The normalized spacial score (nSPS) is 20.9. The highest BCUT2D eigenvalue weighted by Crippen LogP contribution is 2.40. The van der Waals surface area contributed by atoms with Gasteiger partial charge < -0.3 is 5.32 Å². The largest absolute Gasteiger partial charge is 0.312 e. The van der Waals surface area contributed by atoms with Crippen LogP contribution in [0, 0.1) is 5.92 Å². The molecule has 1 fully saturated rings. The summed E-state index contributed by atoms with van der Waals surface area (Å²) in [6.07, 6.45) is 10.9. The van der Waals surface area contributed by atoms with Gasteiger partial charge in [-0.25, -0.2) is 0 Å². The zero-order chi connectivity index (χ0) is 15.7. The van der Waals surface area contributed by atoms with Crippen LogP contribution in [0.2, 0.25) is 0 Å². The fraction of sp³-hybridized carbons (Fsp3) is 1.00. The first kappa shape index (κ1) is 19.0. The summed E-state index contributed by atoms with van der Waals surface area (Å²) in [5.41, 5.74) is 0.431. The van der Waals surface area contributed by atoms with E-state index in [1.807, 2.05) is 0 Å².